The molecule has 0 saturated heterocycles. The van der Waals surface area contributed by atoms with Crippen molar-refractivity contribution in [2.24, 2.45) is 0 Å². The summed E-state index contributed by atoms with van der Waals surface area (Å²) < 4.78 is 27.3. The van der Waals surface area contributed by atoms with E-state index < -0.39 is 9.84 Å². The molecule has 0 atom stereocenters. The number of hydrogen-bond donors (Lipinski definition) is 1. The van der Waals surface area contributed by atoms with Crippen molar-refractivity contribution in [1.82, 2.24) is 5.32 Å². The largest absolute Gasteiger partial charge is 0.497 e. The Balaban J connectivity index is 0.000000246. The van der Waals surface area contributed by atoms with Crippen molar-refractivity contribution >= 4 is 15.7 Å². The van der Waals surface area contributed by atoms with Crippen LogP contribution in [-0.2, 0) is 9.84 Å². The second-order valence-electron chi connectivity index (χ2n) is 7.11. The quantitative estimate of drug-likeness (QED) is 0.346. The minimum absolute atomic E-state index is 0.00639. The van der Waals surface area contributed by atoms with Crippen LogP contribution in [-0.4, -0.2) is 33.7 Å². The molecule has 0 saturated carbocycles. The number of carbonyl (C=O) groups is 1. The molecule has 0 spiro atoms. The zero-order chi connectivity index (χ0) is 26.5. The van der Waals surface area contributed by atoms with Crippen LogP contribution in [0.1, 0.15) is 24.2 Å². The molecule has 0 heterocycles. The lowest BCUT2D eigenvalue weighted by molar-refractivity contribution is 0.0956. The number of benzene rings is 4. The van der Waals surface area contributed by atoms with E-state index in [1.54, 1.807) is 56.5 Å². The van der Waals surface area contributed by atoms with Gasteiger partial charge in [-0.2, -0.15) is 0 Å². The van der Waals surface area contributed by atoms with Crippen LogP contribution < -0.4 is 10.1 Å². The van der Waals surface area contributed by atoms with Crippen molar-refractivity contribution in [3.63, 3.8) is 0 Å². The van der Waals surface area contributed by atoms with Gasteiger partial charge in [-0.05, 0) is 43.3 Å². The fourth-order valence-electron chi connectivity index (χ4n) is 2.59. The minimum Gasteiger partial charge on any atom is -0.497 e. The molecule has 36 heavy (non-hydrogen) atoms. The van der Waals surface area contributed by atoms with Gasteiger partial charge in [0.1, 0.15) is 5.75 Å². The number of nitrogens with one attached hydrogen (secondary N) is 1. The topological polar surface area (TPSA) is 72.5 Å². The van der Waals surface area contributed by atoms with Crippen molar-refractivity contribution in [1.29, 1.82) is 0 Å². The highest BCUT2D eigenvalue weighted by Gasteiger charge is 2.08. The van der Waals surface area contributed by atoms with Gasteiger partial charge in [-0.25, -0.2) is 8.42 Å². The average molecular weight is 506 g/mol. The minimum atomic E-state index is -3.00. The lowest BCUT2D eigenvalue weighted by atomic mass is 10.2. The second-order valence-corrected chi connectivity index (χ2v) is 9.39. The zero-order valence-electron chi connectivity index (χ0n) is 21.1. The van der Waals surface area contributed by atoms with E-state index in [4.69, 9.17) is 4.74 Å². The summed E-state index contributed by atoms with van der Waals surface area (Å²) in [6.45, 7) is 4.22. The van der Waals surface area contributed by atoms with E-state index in [1.165, 1.54) is 0 Å². The highest BCUT2D eigenvalue weighted by molar-refractivity contribution is 7.91. The Kier molecular flexibility index (Phi) is 15.4. The molecule has 4 rings (SSSR count). The molecular formula is C30H35NO4S. The van der Waals surface area contributed by atoms with Gasteiger partial charge in [-0.1, -0.05) is 97.9 Å². The summed E-state index contributed by atoms with van der Waals surface area (Å²) in [7, 11) is -1.34. The van der Waals surface area contributed by atoms with Gasteiger partial charge in [-0.15, -0.1) is 0 Å². The van der Waals surface area contributed by atoms with Gasteiger partial charge in [0.2, 0.25) is 0 Å². The van der Waals surface area contributed by atoms with E-state index >= 15 is 0 Å². The van der Waals surface area contributed by atoms with E-state index in [9.17, 15) is 13.2 Å². The van der Waals surface area contributed by atoms with E-state index in [2.05, 4.69) is 5.32 Å². The number of ether oxygens (including phenoxy) is 1. The van der Waals surface area contributed by atoms with Crippen molar-refractivity contribution in [2.45, 2.75) is 18.7 Å². The van der Waals surface area contributed by atoms with Gasteiger partial charge in [0.25, 0.3) is 5.91 Å². The standard InChI is InChI=1S/C9H11NO.C8H10O2S.C7H8O.C6H6/c1-2-10-9(11)8-6-4-3-5-7-8;1-2-11(9,10)8-6-4-3-5-7-8;1-8-7-5-3-2-4-6-7;1-2-4-6-5-3-1/h3-7H,2H2,1H3,(H,10,11);3-7H,2H2,1H3;2-6H,1H3;1-6H. The van der Waals surface area contributed by atoms with Crippen molar-refractivity contribution in [3.8, 4) is 5.75 Å². The number of methoxy groups -OCH3 is 1. The summed E-state index contributed by atoms with van der Waals surface area (Å²) >= 11 is 0. The molecule has 190 valence electrons. The van der Waals surface area contributed by atoms with Crippen molar-refractivity contribution in [3.05, 3.63) is 133 Å². The smallest absolute Gasteiger partial charge is 0.251 e. The highest BCUT2D eigenvalue weighted by atomic mass is 32.2. The van der Waals surface area contributed by atoms with Gasteiger partial charge >= 0.3 is 0 Å². The van der Waals surface area contributed by atoms with Gasteiger partial charge in [0.15, 0.2) is 9.84 Å². The summed E-state index contributed by atoms with van der Waals surface area (Å²) in [6.07, 6.45) is 0. The van der Waals surface area contributed by atoms with Gasteiger partial charge in [-0.3, -0.25) is 4.79 Å². The van der Waals surface area contributed by atoms with Gasteiger partial charge in [0.05, 0.1) is 17.8 Å². The molecule has 0 aliphatic rings. The molecule has 5 nitrogen and oxygen atoms in total. The van der Waals surface area contributed by atoms with Crippen LogP contribution in [0, 0.1) is 0 Å². The first-order valence-electron chi connectivity index (χ1n) is 11.6. The van der Waals surface area contributed by atoms with E-state index in [1.807, 2.05) is 91.9 Å². The molecule has 0 aromatic heterocycles. The molecule has 4 aromatic rings. The molecule has 0 radical (unpaired) electrons. The third-order valence-corrected chi connectivity index (χ3v) is 6.25. The van der Waals surface area contributed by atoms with Gasteiger partial charge < -0.3 is 10.1 Å². The van der Waals surface area contributed by atoms with Crippen molar-refractivity contribution in [2.75, 3.05) is 19.4 Å². The first kappa shape index (κ1) is 30.1. The van der Waals surface area contributed by atoms with Crippen LogP contribution in [0.3, 0.4) is 0 Å². The maximum Gasteiger partial charge on any atom is 0.251 e. The molecule has 0 aliphatic carbocycles. The molecule has 4 aromatic carbocycles. The van der Waals surface area contributed by atoms with Crippen LogP contribution >= 0.6 is 0 Å². The van der Waals surface area contributed by atoms with E-state index in [-0.39, 0.29) is 11.7 Å². The SMILES string of the molecule is CCNC(=O)c1ccccc1.CCS(=O)(=O)c1ccccc1.COc1ccccc1.c1ccccc1. The van der Waals surface area contributed by atoms with Crippen LogP contribution in [0.4, 0.5) is 0 Å². The third kappa shape index (κ3) is 13.1. The molecule has 0 unspecified atom stereocenters. The predicted molar refractivity (Wildman–Crippen MR) is 148 cm³/mol. The summed E-state index contributed by atoms with van der Waals surface area (Å²) in [5.74, 6) is 1.07. The Morgan fingerprint density at radius 1 is 0.667 bits per heavy atom. The summed E-state index contributed by atoms with van der Waals surface area (Å²) in [6, 6.07) is 39.3. The average Bonchev–Trinajstić information content (AvgIpc) is 2.96. The number of para-hydroxylation sites is 1. The molecule has 0 aliphatic heterocycles. The first-order chi connectivity index (χ1) is 17.4. The number of carbonyl (C=O) groups excluding carboxylic acids is 1. The van der Waals surface area contributed by atoms with Crippen molar-refractivity contribution < 1.29 is 17.9 Å². The van der Waals surface area contributed by atoms with Crippen LogP contribution in [0.2, 0.25) is 0 Å². The number of hydrogen-bond acceptors (Lipinski definition) is 4. The lowest BCUT2D eigenvalue weighted by Gasteiger charge is -1.99. The number of amides is 1. The number of rotatable bonds is 5. The molecule has 0 bridgehead atoms. The monoisotopic (exact) mass is 505 g/mol. The van der Waals surface area contributed by atoms with E-state index in [0.29, 0.717) is 17.0 Å². The predicted octanol–water partition coefficient (Wildman–Crippen LogP) is 6.30. The first-order valence-corrected chi connectivity index (χ1v) is 13.3. The van der Waals surface area contributed by atoms with Crippen LogP contribution in [0.5, 0.6) is 5.75 Å². The van der Waals surface area contributed by atoms with E-state index in [0.717, 1.165) is 5.75 Å². The lowest BCUT2D eigenvalue weighted by Crippen LogP contribution is -2.22. The third-order valence-electron chi connectivity index (χ3n) is 4.50. The fraction of sp³-hybridized carbons (Fsp3) is 0.167. The Labute approximate surface area is 215 Å². The second kappa shape index (κ2) is 18.4. The fourth-order valence-corrected chi connectivity index (χ4v) is 3.49. The summed E-state index contributed by atoms with van der Waals surface area (Å²) in [5.41, 5.74) is 0.717. The maximum absolute atomic E-state index is 11.2. The normalized spacial score (nSPS) is 9.53. The highest BCUT2D eigenvalue weighted by Crippen LogP contribution is 2.08. The molecular weight excluding hydrogens is 470 g/mol. The van der Waals surface area contributed by atoms with Gasteiger partial charge in [0, 0.05) is 12.1 Å². The Bertz CT molecular complexity index is 1140. The molecule has 6 heteroatoms. The Morgan fingerprint density at radius 2 is 1.06 bits per heavy atom. The zero-order valence-corrected chi connectivity index (χ0v) is 21.9. The summed E-state index contributed by atoms with van der Waals surface area (Å²) in [4.78, 5) is 11.5. The molecule has 1 amide bonds. The Morgan fingerprint density at radius 3 is 1.42 bits per heavy atom. The van der Waals surface area contributed by atoms with Crippen LogP contribution in [0.15, 0.2) is 132 Å². The Hall–Kier alpha value is -3.90. The van der Waals surface area contributed by atoms with Crippen LogP contribution in [0.25, 0.3) is 0 Å². The molecule has 1 N–H and O–H groups in total. The molecule has 0 fully saturated rings. The number of sulfone groups is 1. The summed E-state index contributed by atoms with van der Waals surface area (Å²) in [5, 5.41) is 2.72. The maximum atomic E-state index is 11.2.